The Balaban J connectivity index is 1.52. The predicted octanol–water partition coefficient (Wildman–Crippen LogP) is 2.57. The molecule has 1 aromatic heterocycles. The van der Waals surface area contributed by atoms with Crippen molar-refractivity contribution in [2.24, 2.45) is 0 Å². The first-order chi connectivity index (χ1) is 12.2. The van der Waals surface area contributed by atoms with Gasteiger partial charge in [0.1, 0.15) is 6.61 Å². The van der Waals surface area contributed by atoms with Gasteiger partial charge in [0.05, 0.1) is 5.56 Å². The number of rotatable bonds is 3. The number of hydrogen-bond acceptors (Lipinski definition) is 4. The summed E-state index contributed by atoms with van der Waals surface area (Å²) >= 11 is 0. The molecule has 1 aliphatic rings. The van der Waals surface area contributed by atoms with Gasteiger partial charge in [0, 0.05) is 38.6 Å². The highest BCUT2D eigenvalue weighted by molar-refractivity contribution is 5.93. The molecule has 1 fully saturated rings. The van der Waals surface area contributed by atoms with Crippen LogP contribution in [-0.4, -0.2) is 53.0 Å². The molecule has 2 aromatic rings. The van der Waals surface area contributed by atoms with Crippen LogP contribution in [0.5, 0.6) is 0 Å². The van der Waals surface area contributed by atoms with Crippen LogP contribution in [0.15, 0.2) is 54.9 Å². The van der Waals surface area contributed by atoms with Crippen molar-refractivity contribution in [3.8, 4) is 0 Å². The fraction of sp³-hybridized carbons (Fsp3) is 0.316. The minimum absolute atomic E-state index is 0.0485. The average molecular weight is 339 g/mol. The van der Waals surface area contributed by atoms with Crippen molar-refractivity contribution in [1.82, 2.24) is 14.8 Å². The van der Waals surface area contributed by atoms with E-state index in [1.807, 2.05) is 30.3 Å². The molecule has 0 N–H and O–H groups in total. The van der Waals surface area contributed by atoms with Gasteiger partial charge in [0.25, 0.3) is 5.91 Å². The number of benzene rings is 1. The molecule has 25 heavy (non-hydrogen) atoms. The van der Waals surface area contributed by atoms with Crippen LogP contribution in [0, 0.1) is 0 Å². The highest BCUT2D eigenvalue weighted by Gasteiger charge is 2.23. The number of ether oxygens (including phenoxy) is 1. The summed E-state index contributed by atoms with van der Waals surface area (Å²) < 4.78 is 5.38. The van der Waals surface area contributed by atoms with Crippen molar-refractivity contribution in [1.29, 1.82) is 0 Å². The Hall–Kier alpha value is -2.89. The first-order valence-corrected chi connectivity index (χ1v) is 8.39. The second-order valence-electron chi connectivity index (χ2n) is 5.91. The molecule has 0 atom stereocenters. The maximum Gasteiger partial charge on any atom is 0.410 e. The number of carbonyl (C=O) groups is 2. The molecule has 1 saturated heterocycles. The molecular weight excluding hydrogens is 318 g/mol. The molecule has 6 nitrogen and oxygen atoms in total. The predicted molar refractivity (Wildman–Crippen MR) is 93.0 cm³/mol. The van der Waals surface area contributed by atoms with E-state index in [1.54, 1.807) is 34.3 Å². The number of amides is 2. The zero-order valence-corrected chi connectivity index (χ0v) is 14.0. The van der Waals surface area contributed by atoms with Gasteiger partial charge in [0.2, 0.25) is 0 Å². The summed E-state index contributed by atoms with van der Waals surface area (Å²) in [6, 6.07) is 13.1. The molecule has 0 radical (unpaired) electrons. The van der Waals surface area contributed by atoms with Crippen LogP contribution in [0.25, 0.3) is 0 Å². The largest absolute Gasteiger partial charge is 0.445 e. The van der Waals surface area contributed by atoms with Gasteiger partial charge < -0.3 is 14.5 Å². The number of nitrogens with zero attached hydrogens (tertiary/aromatic N) is 3. The second-order valence-corrected chi connectivity index (χ2v) is 5.91. The molecule has 0 saturated carbocycles. The summed E-state index contributed by atoms with van der Waals surface area (Å²) in [6.45, 7) is 2.43. The van der Waals surface area contributed by atoms with E-state index >= 15 is 0 Å². The van der Waals surface area contributed by atoms with Crippen LogP contribution in [-0.2, 0) is 11.3 Å². The molecule has 0 bridgehead atoms. The van der Waals surface area contributed by atoms with E-state index in [0.29, 0.717) is 31.7 Å². The van der Waals surface area contributed by atoms with Crippen molar-refractivity contribution in [3.63, 3.8) is 0 Å². The van der Waals surface area contributed by atoms with Crippen molar-refractivity contribution < 1.29 is 14.3 Å². The van der Waals surface area contributed by atoms with Gasteiger partial charge in [-0.25, -0.2) is 4.79 Å². The van der Waals surface area contributed by atoms with E-state index in [0.717, 1.165) is 12.0 Å². The number of hydrogen-bond donors (Lipinski definition) is 0. The Kier molecular flexibility index (Phi) is 5.61. The molecule has 1 aliphatic heterocycles. The van der Waals surface area contributed by atoms with Crippen LogP contribution in [0.1, 0.15) is 22.3 Å². The van der Waals surface area contributed by atoms with Gasteiger partial charge in [-0.05, 0) is 24.1 Å². The zero-order valence-electron chi connectivity index (χ0n) is 14.0. The molecule has 3 rings (SSSR count). The Morgan fingerprint density at radius 1 is 0.960 bits per heavy atom. The van der Waals surface area contributed by atoms with Crippen molar-refractivity contribution in [2.75, 3.05) is 26.2 Å². The summed E-state index contributed by atoms with van der Waals surface area (Å²) in [4.78, 5) is 32.2. The summed E-state index contributed by atoms with van der Waals surface area (Å²) in [6.07, 6.45) is 3.61. The van der Waals surface area contributed by atoms with Crippen molar-refractivity contribution in [2.45, 2.75) is 13.0 Å². The lowest BCUT2D eigenvalue weighted by atomic mass is 10.2. The first kappa shape index (κ1) is 17.0. The normalized spacial score (nSPS) is 14.7. The van der Waals surface area contributed by atoms with Crippen LogP contribution in [0.2, 0.25) is 0 Å². The minimum Gasteiger partial charge on any atom is -0.445 e. The molecule has 0 spiro atoms. The summed E-state index contributed by atoms with van der Waals surface area (Å²) in [5.74, 6) is -0.0485. The zero-order chi connectivity index (χ0) is 17.5. The lowest BCUT2D eigenvalue weighted by molar-refractivity contribution is 0.0748. The highest BCUT2D eigenvalue weighted by Crippen LogP contribution is 2.10. The second kappa shape index (κ2) is 8.28. The maximum atomic E-state index is 12.5. The fourth-order valence-corrected chi connectivity index (χ4v) is 2.79. The fourth-order valence-electron chi connectivity index (χ4n) is 2.79. The first-order valence-electron chi connectivity index (χ1n) is 8.39. The summed E-state index contributed by atoms with van der Waals surface area (Å²) in [7, 11) is 0. The Morgan fingerprint density at radius 2 is 1.72 bits per heavy atom. The molecule has 2 amide bonds. The van der Waals surface area contributed by atoms with Gasteiger partial charge in [-0.2, -0.15) is 0 Å². The smallest absolute Gasteiger partial charge is 0.410 e. The van der Waals surface area contributed by atoms with Crippen LogP contribution in [0.4, 0.5) is 4.79 Å². The third-order valence-electron chi connectivity index (χ3n) is 4.15. The van der Waals surface area contributed by atoms with Crippen LogP contribution >= 0.6 is 0 Å². The Bertz CT molecular complexity index is 706. The standard InChI is InChI=1S/C19H21N3O3/c23-18(17-8-4-9-20-14-17)21-10-5-11-22(13-12-21)19(24)25-15-16-6-2-1-3-7-16/h1-4,6-9,14H,5,10-13,15H2. The molecule has 2 heterocycles. The minimum atomic E-state index is -0.334. The summed E-state index contributed by atoms with van der Waals surface area (Å²) in [5.41, 5.74) is 1.53. The average Bonchev–Trinajstić information content (AvgIpc) is 2.93. The van der Waals surface area contributed by atoms with E-state index in [1.165, 1.54) is 0 Å². The van der Waals surface area contributed by atoms with Gasteiger partial charge in [-0.15, -0.1) is 0 Å². The van der Waals surface area contributed by atoms with Crippen LogP contribution < -0.4 is 0 Å². The lowest BCUT2D eigenvalue weighted by Gasteiger charge is -2.22. The molecule has 1 aromatic carbocycles. The Morgan fingerprint density at radius 3 is 2.48 bits per heavy atom. The molecular formula is C19H21N3O3. The van der Waals surface area contributed by atoms with E-state index in [9.17, 15) is 9.59 Å². The topological polar surface area (TPSA) is 62.7 Å². The number of carbonyl (C=O) groups excluding carboxylic acids is 2. The Labute approximate surface area is 147 Å². The third kappa shape index (κ3) is 4.56. The molecule has 0 unspecified atom stereocenters. The van der Waals surface area contributed by atoms with Gasteiger partial charge in [0.15, 0.2) is 0 Å². The number of pyridine rings is 1. The molecule has 0 aliphatic carbocycles. The van der Waals surface area contributed by atoms with Crippen molar-refractivity contribution >= 4 is 12.0 Å². The lowest BCUT2D eigenvalue weighted by Crippen LogP contribution is -2.37. The third-order valence-corrected chi connectivity index (χ3v) is 4.15. The van der Waals surface area contributed by atoms with E-state index in [2.05, 4.69) is 4.98 Å². The van der Waals surface area contributed by atoms with E-state index < -0.39 is 0 Å². The van der Waals surface area contributed by atoms with Gasteiger partial charge in [-0.3, -0.25) is 9.78 Å². The summed E-state index contributed by atoms with van der Waals surface area (Å²) in [5, 5.41) is 0. The van der Waals surface area contributed by atoms with Gasteiger partial charge >= 0.3 is 6.09 Å². The highest BCUT2D eigenvalue weighted by atomic mass is 16.6. The quantitative estimate of drug-likeness (QED) is 0.862. The van der Waals surface area contributed by atoms with E-state index in [4.69, 9.17) is 4.74 Å². The molecule has 6 heteroatoms. The SMILES string of the molecule is O=C(OCc1ccccc1)N1CCCN(C(=O)c2cccnc2)CC1. The van der Waals surface area contributed by atoms with Gasteiger partial charge in [-0.1, -0.05) is 30.3 Å². The van der Waals surface area contributed by atoms with Crippen LogP contribution in [0.3, 0.4) is 0 Å². The molecule has 130 valence electrons. The number of aromatic nitrogens is 1. The monoisotopic (exact) mass is 339 g/mol. The van der Waals surface area contributed by atoms with Crippen molar-refractivity contribution in [3.05, 3.63) is 66.0 Å². The van der Waals surface area contributed by atoms with E-state index in [-0.39, 0.29) is 18.6 Å². The maximum absolute atomic E-state index is 12.5.